The number of fused-ring (bicyclic) bond motifs is 1. The summed E-state index contributed by atoms with van der Waals surface area (Å²) in [6, 6.07) is 19.7. The van der Waals surface area contributed by atoms with Gasteiger partial charge >= 0.3 is 0 Å². The van der Waals surface area contributed by atoms with E-state index in [4.69, 9.17) is 4.74 Å². The Hall–Kier alpha value is -3.14. The zero-order valence-electron chi connectivity index (χ0n) is 14.7. The highest BCUT2D eigenvalue weighted by Crippen LogP contribution is 2.25. The van der Waals surface area contributed by atoms with E-state index in [1.54, 1.807) is 7.11 Å². The number of ether oxygens (including phenoxy) is 1. The van der Waals surface area contributed by atoms with Crippen LogP contribution in [0.4, 0.5) is 0 Å². The topological polar surface area (TPSA) is 42.4 Å². The molecule has 0 N–H and O–H groups in total. The van der Waals surface area contributed by atoms with Gasteiger partial charge < -0.3 is 9.64 Å². The van der Waals surface area contributed by atoms with Crippen LogP contribution in [0, 0.1) is 0 Å². The molecule has 2 aromatic carbocycles. The van der Waals surface area contributed by atoms with Gasteiger partial charge in [0.15, 0.2) is 0 Å². The molecule has 1 aromatic heterocycles. The SMILES string of the molecule is COc1ccc(C2=CCN(C(=O)c3ccc4ccccc4n3)CC2)cc1. The van der Waals surface area contributed by atoms with Gasteiger partial charge in [-0.1, -0.05) is 42.5 Å². The maximum absolute atomic E-state index is 12.8. The lowest BCUT2D eigenvalue weighted by Crippen LogP contribution is -2.35. The van der Waals surface area contributed by atoms with Gasteiger partial charge in [0.25, 0.3) is 5.91 Å². The number of hydrogen-bond acceptors (Lipinski definition) is 3. The summed E-state index contributed by atoms with van der Waals surface area (Å²) in [6.07, 6.45) is 2.97. The number of hydrogen-bond donors (Lipinski definition) is 0. The van der Waals surface area contributed by atoms with Crippen molar-refractivity contribution in [2.75, 3.05) is 20.2 Å². The zero-order valence-corrected chi connectivity index (χ0v) is 14.7. The first-order chi connectivity index (χ1) is 12.7. The van der Waals surface area contributed by atoms with E-state index in [0.717, 1.165) is 23.1 Å². The van der Waals surface area contributed by atoms with Crippen molar-refractivity contribution in [1.29, 1.82) is 0 Å². The van der Waals surface area contributed by atoms with E-state index in [1.807, 2.05) is 53.4 Å². The summed E-state index contributed by atoms with van der Waals surface area (Å²) < 4.78 is 5.21. The van der Waals surface area contributed by atoms with Gasteiger partial charge in [-0.25, -0.2) is 4.98 Å². The Bertz CT molecular complexity index is 977. The largest absolute Gasteiger partial charge is 0.497 e. The Balaban J connectivity index is 1.50. The highest BCUT2D eigenvalue weighted by Gasteiger charge is 2.20. The van der Waals surface area contributed by atoms with E-state index in [2.05, 4.69) is 23.2 Å². The molecule has 4 rings (SSSR count). The van der Waals surface area contributed by atoms with Crippen LogP contribution in [0.15, 0.2) is 66.7 Å². The third kappa shape index (κ3) is 3.18. The van der Waals surface area contributed by atoms with Crippen LogP contribution in [0.3, 0.4) is 0 Å². The molecule has 130 valence electrons. The number of para-hydroxylation sites is 1. The molecule has 0 saturated carbocycles. The predicted molar refractivity (Wildman–Crippen MR) is 103 cm³/mol. The first kappa shape index (κ1) is 16.3. The summed E-state index contributed by atoms with van der Waals surface area (Å²) in [5.41, 5.74) is 3.81. The van der Waals surface area contributed by atoms with Crippen LogP contribution < -0.4 is 4.74 Å². The van der Waals surface area contributed by atoms with E-state index < -0.39 is 0 Å². The molecule has 1 aliphatic rings. The summed E-state index contributed by atoms with van der Waals surface area (Å²) >= 11 is 0. The van der Waals surface area contributed by atoms with E-state index in [0.29, 0.717) is 18.8 Å². The van der Waals surface area contributed by atoms with E-state index >= 15 is 0 Å². The lowest BCUT2D eigenvalue weighted by molar-refractivity contribution is 0.0767. The van der Waals surface area contributed by atoms with Gasteiger partial charge in [0.05, 0.1) is 12.6 Å². The number of carbonyl (C=O) groups excluding carboxylic acids is 1. The van der Waals surface area contributed by atoms with Crippen molar-refractivity contribution in [2.24, 2.45) is 0 Å². The van der Waals surface area contributed by atoms with Crippen LogP contribution >= 0.6 is 0 Å². The highest BCUT2D eigenvalue weighted by molar-refractivity contribution is 5.95. The molecule has 0 bridgehead atoms. The summed E-state index contributed by atoms with van der Waals surface area (Å²) in [7, 11) is 1.67. The van der Waals surface area contributed by atoms with E-state index in [9.17, 15) is 4.79 Å². The van der Waals surface area contributed by atoms with E-state index in [-0.39, 0.29) is 5.91 Å². The summed E-state index contributed by atoms with van der Waals surface area (Å²) in [5.74, 6) is 0.838. The Labute approximate surface area is 152 Å². The fourth-order valence-electron chi connectivity index (χ4n) is 3.27. The molecular formula is C22H20N2O2. The monoisotopic (exact) mass is 344 g/mol. The zero-order chi connectivity index (χ0) is 17.9. The van der Waals surface area contributed by atoms with Crippen molar-refractivity contribution >= 4 is 22.4 Å². The average Bonchev–Trinajstić information content (AvgIpc) is 2.73. The number of rotatable bonds is 3. The van der Waals surface area contributed by atoms with Crippen molar-refractivity contribution in [1.82, 2.24) is 9.88 Å². The molecule has 3 aromatic rings. The molecule has 4 heteroatoms. The van der Waals surface area contributed by atoms with Crippen molar-refractivity contribution < 1.29 is 9.53 Å². The van der Waals surface area contributed by atoms with Gasteiger partial charge in [0, 0.05) is 18.5 Å². The normalized spacial score (nSPS) is 14.2. The molecule has 26 heavy (non-hydrogen) atoms. The highest BCUT2D eigenvalue weighted by atomic mass is 16.5. The molecule has 0 unspecified atom stereocenters. The Kier molecular flexibility index (Phi) is 4.40. The van der Waals surface area contributed by atoms with Crippen molar-refractivity contribution in [3.8, 4) is 5.75 Å². The van der Waals surface area contributed by atoms with Crippen LogP contribution in [0.1, 0.15) is 22.5 Å². The molecule has 4 nitrogen and oxygen atoms in total. The third-order valence-electron chi connectivity index (χ3n) is 4.77. The first-order valence-electron chi connectivity index (χ1n) is 8.73. The van der Waals surface area contributed by atoms with Gasteiger partial charge in [-0.05, 0) is 41.8 Å². The summed E-state index contributed by atoms with van der Waals surface area (Å²) in [4.78, 5) is 19.2. The Morgan fingerprint density at radius 3 is 2.58 bits per heavy atom. The van der Waals surface area contributed by atoms with Crippen LogP contribution in [-0.2, 0) is 0 Å². The molecule has 0 saturated heterocycles. The average molecular weight is 344 g/mol. The van der Waals surface area contributed by atoms with Crippen LogP contribution in [0.25, 0.3) is 16.5 Å². The minimum Gasteiger partial charge on any atom is -0.497 e. The fraction of sp³-hybridized carbons (Fsp3) is 0.182. The van der Waals surface area contributed by atoms with Gasteiger partial charge in [-0.15, -0.1) is 0 Å². The number of benzene rings is 2. The maximum Gasteiger partial charge on any atom is 0.272 e. The molecule has 1 aliphatic heterocycles. The Morgan fingerprint density at radius 1 is 1.04 bits per heavy atom. The van der Waals surface area contributed by atoms with Crippen LogP contribution in [0.5, 0.6) is 5.75 Å². The van der Waals surface area contributed by atoms with Crippen molar-refractivity contribution in [3.63, 3.8) is 0 Å². The third-order valence-corrected chi connectivity index (χ3v) is 4.77. The van der Waals surface area contributed by atoms with E-state index in [1.165, 1.54) is 11.1 Å². The van der Waals surface area contributed by atoms with Crippen LogP contribution in [-0.4, -0.2) is 36.0 Å². The van der Waals surface area contributed by atoms with Gasteiger partial charge in [0.1, 0.15) is 11.4 Å². The van der Waals surface area contributed by atoms with Gasteiger partial charge in [-0.3, -0.25) is 4.79 Å². The van der Waals surface area contributed by atoms with Gasteiger partial charge in [0.2, 0.25) is 0 Å². The number of nitrogens with zero attached hydrogens (tertiary/aromatic N) is 2. The quantitative estimate of drug-likeness (QED) is 0.716. The minimum absolute atomic E-state index is 0.0132. The smallest absolute Gasteiger partial charge is 0.272 e. The van der Waals surface area contributed by atoms with Gasteiger partial charge in [-0.2, -0.15) is 0 Å². The molecule has 0 spiro atoms. The van der Waals surface area contributed by atoms with Crippen molar-refractivity contribution in [2.45, 2.75) is 6.42 Å². The van der Waals surface area contributed by atoms with Crippen molar-refractivity contribution in [3.05, 3.63) is 78.0 Å². The second kappa shape index (κ2) is 7.00. The summed E-state index contributed by atoms with van der Waals surface area (Å²) in [6.45, 7) is 1.31. The minimum atomic E-state index is -0.0132. The number of pyridine rings is 1. The molecule has 0 fully saturated rings. The molecule has 2 heterocycles. The fourth-order valence-corrected chi connectivity index (χ4v) is 3.27. The second-order valence-electron chi connectivity index (χ2n) is 6.35. The number of amides is 1. The molecule has 1 amide bonds. The molecular weight excluding hydrogens is 324 g/mol. The standard InChI is InChI=1S/C22H20N2O2/c1-26-19-9-6-16(7-10-19)17-12-14-24(15-13-17)22(25)21-11-8-18-4-2-3-5-20(18)23-21/h2-12H,13-15H2,1H3. The second-order valence-corrected chi connectivity index (χ2v) is 6.35. The Morgan fingerprint density at radius 2 is 1.85 bits per heavy atom. The molecule has 0 atom stereocenters. The number of carbonyl (C=O) groups is 1. The van der Waals surface area contributed by atoms with Crippen LogP contribution in [0.2, 0.25) is 0 Å². The maximum atomic E-state index is 12.8. The lowest BCUT2D eigenvalue weighted by atomic mass is 9.99. The first-order valence-corrected chi connectivity index (χ1v) is 8.73. The summed E-state index contributed by atoms with van der Waals surface area (Å²) in [5, 5.41) is 1.05. The number of methoxy groups -OCH3 is 1. The molecule has 0 aliphatic carbocycles. The predicted octanol–water partition coefficient (Wildman–Crippen LogP) is 4.17. The molecule has 0 radical (unpaired) electrons. The number of aromatic nitrogens is 1. The lowest BCUT2D eigenvalue weighted by Gasteiger charge is -2.26.